The first kappa shape index (κ1) is 21.1. The third kappa shape index (κ3) is 5.18. The molecule has 26 heavy (non-hydrogen) atoms. The Labute approximate surface area is 161 Å². The molecule has 1 amide bonds. The number of halogens is 2. The van der Waals surface area contributed by atoms with Gasteiger partial charge in [-0.3, -0.25) is 4.79 Å². The Morgan fingerprint density at radius 2 is 2.19 bits per heavy atom. The molecule has 0 aliphatic carbocycles. The first-order chi connectivity index (χ1) is 12.1. The maximum atomic E-state index is 13.7. The summed E-state index contributed by atoms with van der Waals surface area (Å²) in [5.74, 6) is 0.694. The largest absolute Gasteiger partial charge is 0.381 e. The fraction of sp³-hybridized carbons (Fsp3) is 0.650. The van der Waals surface area contributed by atoms with Crippen LogP contribution in [0.5, 0.6) is 0 Å². The van der Waals surface area contributed by atoms with Gasteiger partial charge in [0.2, 0.25) is 5.91 Å². The van der Waals surface area contributed by atoms with Crippen molar-refractivity contribution in [2.45, 2.75) is 44.6 Å². The van der Waals surface area contributed by atoms with E-state index in [9.17, 15) is 9.18 Å². The molecule has 2 fully saturated rings. The van der Waals surface area contributed by atoms with Crippen LogP contribution in [0.25, 0.3) is 0 Å². The molecule has 0 bridgehead atoms. The normalized spacial score (nSPS) is 23.5. The summed E-state index contributed by atoms with van der Waals surface area (Å²) in [6.45, 7) is 5.41. The molecule has 2 aliphatic rings. The zero-order valence-corrected chi connectivity index (χ0v) is 16.2. The Kier molecular flexibility index (Phi) is 7.86. The quantitative estimate of drug-likeness (QED) is 0.818. The number of hydrogen-bond acceptors (Lipinski definition) is 3. The van der Waals surface area contributed by atoms with Gasteiger partial charge in [0.05, 0.1) is 5.54 Å². The molecule has 6 heteroatoms. The van der Waals surface area contributed by atoms with Crippen LogP contribution < -0.4 is 10.6 Å². The molecule has 2 N–H and O–H groups in total. The van der Waals surface area contributed by atoms with Gasteiger partial charge in [-0.25, -0.2) is 4.39 Å². The summed E-state index contributed by atoms with van der Waals surface area (Å²) in [7, 11) is 0. The van der Waals surface area contributed by atoms with Gasteiger partial charge in [0, 0.05) is 19.6 Å². The summed E-state index contributed by atoms with van der Waals surface area (Å²) in [6, 6.07) is 6.60. The van der Waals surface area contributed by atoms with Crippen molar-refractivity contribution >= 4 is 18.3 Å². The molecule has 2 saturated heterocycles. The second-order valence-corrected chi connectivity index (χ2v) is 7.54. The minimum absolute atomic E-state index is 0. The van der Waals surface area contributed by atoms with Crippen LogP contribution >= 0.6 is 12.4 Å². The van der Waals surface area contributed by atoms with Crippen molar-refractivity contribution in [1.82, 2.24) is 10.6 Å². The summed E-state index contributed by atoms with van der Waals surface area (Å²) in [6.07, 6.45) is 4.25. The van der Waals surface area contributed by atoms with Crippen molar-refractivity contribution in [1.29, 1.82) is 0 Å². The van der Waals surface area contributed by atoms with E-state index in [0.29, 0.717) is 44.3 Å². The molecule has 0 aromatic heterocycles. The number of rotatable bonds is 5. The fourth-order valence-corrected chi connectivity index (χ4v) is 4.13. The third-order valence-corrected chi connectivity index (χ3v) is 5.75. The molecule has 0 radical (unpaired) electrons. The van der Waals surface area contributed by atoms with E-state index in [0.717, 1.165) is 18.7 Å². The van der Waals surface area contributed by atoms with E-state index in [1.54, 1.807) is 12.1 Å². The van der Waals surface area contributed by atoms with Crippen LogP contribution in [0.1, 0.15) is 44.6 Å². The van der Waals surface area contributed by atoms with Gasteiger partial charge in [-0.2, -0.15) is 0 Å². The topological polar surface area (TPSA) is 50.4 Å². The highest BCUT2D eigenvalue weighted by Gasteiger charge is 2.36. The molecule has 4 nitrogen and oxygen atoms in total. The van der Waals surface area contributed by atoms with Gasteiger partial charge in [-0.1, -0.05) is 19.1 Å². The molecule has 146 valence electrons. The minimum atomic E-state index is -0.512. The van der Waals surface area contributed by atoms with E-state index >= 15 is 0 Å². The molecular formula is C20H30ClFN2O2. The van der Waals surface area contributed by atoms with Crippen LogP contribution in [0.15, 0.2) is 24.3 Å². The summed E-state index contributed by atoms with van der Waals surface area (Å²) < 4.78 is 19.2. The van der Waals surface area contributed by atoms with E-state index in [1.807, 2.05) is 6.07 Å². The predicted octanol–water partition coefficient (Wildman–Crippen LogP) is 3.40. The highest BCUT2D eigenvalue weighted by atomic mass is 35.5. The SMILES string of the molecule is CC(CC(=O)NC1(c2cccc(F)c2)CCOCC1)C1CCCNC1.Cl. The van der Waals surface area contributed by atoms with Crippen LogP contribution in [0.4, 0.5) is 4.39 Å². The van der Waals surface area contributed by atoms with Gasteiger partial charge in [0.1, 0.15) is 5.82 Å². The summed E-state index contributed by atoms with van der Waals surface area (Å²) in [5.41, 5.74) is 0.332. The molecule has 2 aliphatic heterocycles. The van der Waals surface area contributed by atoms with Gasteiger partial charge in [0.25, 0.3) is 0 Å². The van der Waals surface area contributed by atoms with Crippen LogP contribution in [0.2, 0.25) is 0 Å². The van der Waals surface area contributed by atoms with Crippen molar-refractivity contribution in [3.05, 3.63) is 35.6 Å². The van der Waals surface area contributed by atoms with Crippen molar-refractivity contribution in [2.24, 2.45) is 11.8 Å². The Balaban J connectivity index is 0.00000243. The summed E-state index contributed by atoms with van der Waals surface area (Å²) in [5, 5.41) is 6.66. The Morgan fingerprint density at radius 3 is 2.85 bits per heavy atom. The number of piperidine rings is 1. The second kappa shape index (κ2) is 9.67. The average Bonchev–Trinajstić information content (AvgIpc) is 2.63. The van der Waals surface area contributed by atoms with Gasteiger partial charge in [0.15, 0.2) is 0 Å². The summed E-state index contributed by atoms with van der Waals surface area (Å²) >= 11 is 0. The van der Waals surface area contributed by atoms with Gasteiger partial charge < -0.3 is 15.4 Å². The number of benzene rings is 1. The molecule has 2 atom stereocenters. The smallest absolute Gasteiger partial charge is 0.220 e. The Morgan fingerprint density at radius 1 is 1.42 bits per heavy atom. The van der Waals surface area contributed by atoms with Crippen LogP contribution in [0, 0.1) is 17.7 Å². The van der Waals surface area contributed by atoms with Crippen LogP contribution in [-0.2, 0) is 15.1 Å². The van der Waals surface area contributed by atoms with Crippen molar-refractivity contribution in [3.8, 4) is 0 Å². The highest BCUT2D eigenvalue weighted by molar-refractivity contribution is 5.85. The number of amides is 1. The van der Waals surface area contributed by atoms with Gasteiger partial charge in [-0.15, -0.1) is 12.4 Å². The zero-order chi connectivity index (χ0) is 17.7. The van der Waals surface area contributed by atoms with E-state index < -0.39 is 5.54 Å². The molecular weight excluding hydrogens is 355 g/mol. The first-order valence-corrected chi connectivity index (χ1v) is 9.45. The number of carbonyl (C=O) groups is 1. The van der Waals surface area contributed by atoms with Gasteiger partial charge >= 0.3 is 0 Å². The van der Waals surface area contributed by atoms with Crippen LogP contribution in [-0.4, -0.2) is 32.2 Å². The molecule has 2 heterocycles. The highest BCUT2D eigenvalue weighted by Crippen LogP contribution is 2.33. The Bertz CT molecular complexity index is 587. The second-order valence-electron chi connectivity index (χ2n) is 7.54. The van der Waals surface area contributed by atoms with E-state index in [2.05, 4.69) is 17.6 Å². The maximum Gasteiger partial charge on any atom is 0.220 e. The van der Waals surface area contributed by atoms with Gasteiger partial charge in [-0.05, 0) is 68.3 Å². The van der Waals surface area contributed by atoms with Crippen molar-refractivity contribution < 1.29 is 13.9 Å². The molecule has 0 spiro atoms. The number of nitrogens with one attached hydrogen (secondary N) is 2. The first-order valence-electron chi connectivity index (χ1n) is 9.45. The van der Waals surface area contributed by atoms with Crippen molar-refractivity contribution in [3.63, 3.8) is 0 Å². The monoisotopic (exact) mass is 384 g/mol. The zero-order valence-electron chi connectivity index (χ0n) is 15.4. The summed E-state index contributed by atoms with van der Waals surface area (Å²) in [4.78, 5) is 12.8. The average molecular weight is 385 g/mol. The maximum absolute atomic E-state index is 13.7. The molecule has 2 unspecified atom stereocenters. The number of hydrogen-bond donors (Lipinski definition) is 2. The lowest BCUT2D eigenvalue weighted by Crippen LogP contribution is -2.50. The third-order valence-electron chi connectivity index (χ3n) is 5.75. The molecule has 0 saturated carbocycles. The van der Waals surface area contributed by atoms with Crippen LogP contribution in [0.3, 0.4) is 0 Å². The lowest BCUT2D eigenvalue weighted by molar-refractivity contribution is -0.125. The molecule has 1 aromatic rings. The number of ether oxygens (including phenoxy) is 1. The fourth-order valence-electron chi connectivity index (χ4n) is 4.13. The van der Waals surface area contributed by atoms with E-state index in [1.165, 1.54) is 18.9 Å². The minimum Gasteiger partial charge on any atom is -0.381 e. The lowest BCUT2D eigenvalue weighted by Gasteiger charge is -2.39. The predicted molar refractivity (Wildman–Crippen MR) is 103 cm³/mol. The van der Waals surface area contributed by atoms with E-state index in [4.69, 9.17) is 4.74 Å². The Hall–Kier alpha value is -1.17. The van der Waals surface area contributed by atoms with E-state index in [-0.39, 0.29) is 24.1 Å². The molecule has 1 aromatic carbocycles. The molecule has 3 rings (SSSR count). The standard InChI is InChI=1S/C20H29FN2O2.ClH/c1-15(16-4-3-9-22-14-16)12-19(24)23-20(7-10-25-11-8-20)17-5-2-6-18(21)13-17;/h2,5-6,13,15-16,22H,3-4,7-12,14H2,1H3,(H,23,24);1H. The lowest BCUT2D eigenvalue weighted by atomic mass is 9.81. The number of carbonyl (C=O) groups excluding carboxylic acids is 1. The van der Waals surface area contributed by atoms with Crippen molar-refractivity contribution in [2.75, 3.05) is 26.3 Å².